The highest BCUT2D eigenvalue weighted by Crippen LogP contribution is 2.24. The second-order valence-electron chi connectivity index (χ2n) is 7.48. The first kappa shape index (κ1) is 22.5. The van der Waals surface area contributed by atoms with Gasteiger partial charge in [0.25, 0.3) is 5.91 Å². The molecular weight excluding hydrogens is 426 g/mol. The van der Waals surface area contributed by atoms with Crippen LogP contribution in [0.1, 0.15) is 15.9 Å². The van der Waals surface area contributed by atoms with Gasteiger partial charge in [0, 0.05) is 23.9 Å². The number of amides is 1. The number of rotatable bonds is 7. The van der Waals surface area contributed by atoms with Crippen molar-refractivity contribution in [3.8, 4) is 16.9 Å². The molecule has 1 amide bonds. The van der Waals surface area contributed by atoms with Gasteiger partial charge in [-0.05, 0) is 47.5 Å². The second kappa shape index (κ2) is 10.8. The Labute approximate surface area is 198 Å². The van der Waals surface area contributed by atoms with Crippen molar-refractivity contribution in [3.63, 3.8) is 0 Å². The standard InChI is InChI=1S/C27H25N5O2/c1-34-24-13-6-5-12-23(24)31-27(28)32-25-15-14-22(18-29-25)20-10-7-11-21(16-20)26(33)30-17-19-8-3-2-4-9-19/h2-16,18H,17H2,1H3,(H,30,33)(H3,28,29,31,32). The van der Waals surface area contributed by atoms with Crippen LogP contribution in [0.4, 0.5) is 11.5 Å². The molecular formula is C27H25N5O2. The molecule has 0 aliphatic heterocycles. The fraction of sp³-hybridized carbons (Fsp3) is 0.0741. The van der Waals surface area contributed by atoms with E-state index in [9.17, 15) is 4.79 Å². The lowest BCUT2D eigenvalue weighted by molar-refractivity contribution is 0.0951. The maximum atomic E-state index is 12.6. The molecule has 4 N–H and O–H groups in total. The minimum Gasteiger partial charge on any atom is -0.495 e. The Morgan fingerprint density at radius 3 is 2.50 bits per heavy atom. The molecule has 0 radical (unpaired) electrons. The zero-order chi connectivity index (χ0) is 23.8. The summed E-state index contributed by atoms with van der Waals surface area (Å²) in [6.45, 7) is 0.475. The van der Waals surface area contributed by atoms with E-state index < -0.39 is 0 Å². The minimum absolute atomic E-state index is 0.130. The number of nitrogens with two attached hydrogens (primary N) is 1. The van der Waals surface area contributed by atoms with Crippen LogP contribution in [-0.2, 0) is 6.54 Å². The number of carbonyl (C=O) groups is 1. The molecule has 7 nitrogen and oxygen atoms in total. The average Bonchev–Trinajstić information content (AvgIpc) is 2.88. The minimum atomic E-state index is -0.130. The molecule has 0 fully saturated rings. The molecule has 7 heteroatoms. The van der Waals surface area contributed by atoms with E-state index in [1.807, 2.05) is 78.9 Å². The highest BCUT2D eigenvalue weighted by Gasteiger charge is 2.08. The number of aliphatic imine (C=N–C) groups is 1. The maximum Gasteiger partial charge on any atom is 0.251 e. The summed E-state index contributed by atoms with van der Waals surface area (Å²) < 4.78 is 5.31. The summed E-state index contributed by atoms with van der Waals surface area (Å²) in [5, 5.41) is 5.97. The van der Waals surface area contributed by atoms with Crippen molar-refractivity contribution in [1.82, 2.24) is 10.3 Å². The van der Waals surface area contributed by atoms with Crippen LogP contribution in [0.25, 0.3) is 11.1 Å². The third-order valence-electron chi connectivity index (χ3n) is 5.11. The van der Waals surface area contributed by atoms with E-state index in [-0.39, 0.29) is 11.9 Å². The first-order valence-corrected chi connectivity index (χ1v) is 10.8. The summed E-state index contributed by atoms with van der Waals surface area (Å²) in [6, 6.07) is 28.3. The number of para-hydroxylation sites is 2. The maximum absolute atomic E-state index is 12.6. The van der Waals surface area contributed by atoms with Crippen LogP contribution in [0.2, 0.25) is 0 Å². The third kappa shape index (κ3) is 5.77. The lowest BCUT2D eigenvalue weighted by Gasteiger charge is -2.10. The van der Waals surface area contributed by atoms with E-state index in [0.717, 1.165) is 16.7 Å². The van der Waals surface area contributed by atoms with Crippen molar-refractivity contribution >= 4 is 23.4 Å². The number of guanidine groups is 1. The first-order valence-electron chi connectivity index (χ1n) is 10.8. The van der Waals surface area contributed by atoms with Crippen molar-refractivity contribution in [2.24, 2.45) is 10.7 Å². The molecule has 4 rings (SSSR count). The van der Waals surface area contributed by atoms with Crippen LogP contribution in [0.3, 0.4) is 0 Å². The Balaban J connectivity index is 1.43. The van der Waals surface area contributed by atoms with E-state index in [0.29, 0.717) is 29.4 Å². The summed E-state index contributed by atoms with van der Waals surface area (Å²) in [6.07, 6.45) is 1.70. The van der Waals surface area contributed by atoms with Gasteiger partial charge in [0.2, 0.25) is 0 Å². The molecule has 0 saturated carbocycles. The predicted molar refractivity (Wildman–Crippen MR) is 135 cm³/mol. The SMILES string of the molecule is COc1ccccc1NC(N)=Nc1ccc(-c2cccc(C(=O)NCc3ccccc3)c2)cn1. The van der Waals surface area contributed by atoms with Gasteiger partial charge >= 0.3 is 0 Å². The van der Waals surface area contributed by atoms with Crippen molar-refractivity contribution in [3.05, 3.63) is 108 Å². The average molecular weight is 452 g/mol. The van der Waals surface area contributed by atoms with Gasteiger partial charge in [-0.1, -0.05) is 54.6 Å². The number of benzene rings is 3. The van der Waals surface area contributed by atoms with E-state index in [1.165, 1.54) is 0 Å². The Bertz CT molecular complexity index is 1290. The van der Waals surface area contributed by atoms with E-state index in [2.05, 4.69) is 20.6 Å². The van der Waals surface area contributed by atoms with Crippen LogP contribution < -0.4 is 21.1 Å². The van der Waals surface area contributed by atoms with Crippen molar-refractivity contribution in [2.45, 2.75) is 6.54 Å². The number of aromatic nitrogens is 1. The zero-order valence-electron chi connectivity index (χ0n) is 18.7. The van der Waals surface area contributed by atoms with Gasteiger partial charge in [0.05, 0.1) is 12.8 Å². The molecule has 0 aliphatic rings. The lowest BCUT2D eigenvalue weighted by atomic mass is 10.0. The number of carbonyl (C=O) groups excluding carboxylic acids is 1. The van der Waals surface area contributed by atoms with E-state index >= 15 is 0 Å². The number of nitrogens with one attached hydrogen (secondary N) is 2. The largest absolute Gasteiger partial charge is 0.495 e. The van der Waals surface area contributed by atoms with Gasteiger partial charge in [-0.25, -0.2) is 4.98 Å². The van der Waals surface area contributed by atoms with E-state index in [4.69, 9.17) is 10.5 Å². The number of pyridine rings is 1. The number of hydrogen-bond acceptors (Lipinski definition) is 4. The summed E-state index contributed by atoms with van der Waals surface area (Å²) >= 11 is 0. The lowest BCUT2D eigenvalue weighted by Crippen LogP contribution is -2.22. The Kier molecular flexibility index (Phi) is 7.15. The smallest absolute Gasteiger partial charge is 0.251 e. The quantitative estimate of drug-likeness (QED) is 0.278. The molecule has 0 unspecified atom stereocenters. The first-order chi connectivity index (χ1) is 16.6. The number of methoxy groups -OCH3 is 1. The number of ether oxygens (including phenoxy) is 1. The Morgan fingerprint density at radius 2 is 1.74 bits per heavy atom. The highest BCUT2D eigenvalue weighted by molar-refractivity contribution is 5.96. The molecule has 4 aromatic rings. The molecule has 0 aliphatic carbocycles. The molecule has 3 aromatic carbocycles. The zero-order valence-corrected chi connectivity index (χ0v) is 18.7. The predicted octanol–water partition coefficient (Wildman–Crippen LogP) is 4.75. The van der Waals surface area contributed by atoms with Crippen molar-refractivity contribution in [1.29, 1.82) is 0 Å². The van der Waals surface area contributed by atoms with Crippen LogP contribution in [-0.4, -0.2) is 24.0 Å². The molecule has 1 heterocycles. The molecule has 34 heavy (non-hydrogen) atoms. The van der Waals surface area contributed by atoms with Gasteiger partial charge in [0.1, 0.15) is 5.75 Å². The third-order valence-corrected chi connectivity index (χ3v) is 5.11. The highest BCUT2D eigenvalue weighted by atomic mass is 16.5. The summed E-state index contributed by atoms with van der Waals surface area (Å²) in [7, 11) is 1.59. The van der Waals surface area contributed by atoms with Crippen LogP contribution >= 0.6 is 0 Å². The van der Waals surface area contributed by atoms with Crippen LogP contribution in [0, 0.1) is 0 Å². The van der Waals surface area contributed by atoms with Gasteiger partial charge < -0.3 is 21.1 Å². The molecule has 0 spiro atoms. The number of nitrogens with zero attached hydrogens (tertiary/aromatic N) is 2. The van der Waals surface area contributed by atoms with Crippen LogP contribution in [0.5, 0.6) is 5.75 Å². The van der Waals surface area contributed by atoms with Gasteiger partial charge in [-0.15, -0.1) is 0 Å². The van der Waals surface area contributed by atoms with Gasteiger partial charge in [0.15, 0.2) is 11.8 Å². The molecule has 0 bridgehead atoms. The summed E-state index contributed by atoms with van der Waals surface area (Å²) in [5.41, 5.74) is 10.1. The Hall–Kier alpha value is -4.65. The molecule has 0 atom stereocenters. The van der Waals surface area contributed by atoms with E-state index in [1.54, 1.807) is 25.4 Å². The van der Waals surface area contributed by atoms with Crippen molar-refractivity contribution in [2.75, 3.05) is 12.4 Å². The Morgan fingerprint density at radius 1 is 0.941 bits per heavy atom. The van der Waals surface area contributed by atoms with Gasteiger partial charge in [-0.2, -0.15) is 4.99 Å². The molecule has 0 saturated heterocycles. The monoisotopic (exact) mass is 451 g/mol. The number of hydrogen-bond donors (Lipinski definition) is 3. The summed E-state index contributed by atoms with van der Waals surface area (Å²) in [4.78, 5) is 21.3. The normalized spacial score (nSPS) is 11.0. The topological polar surface area (TPSA) is 102 Å². The van der Waals surface area contributed by atoms with Crippen molar-refractivity contribution < 1.29 is 9.53 Å². The number of anilines is 1. The molecule has 1 aromatic heterocycles. The van der Waals surface area contributed by atoms with Crippen LogP contribution in [0.15, 0.2) is 102 Å². The molecule has 170 valence electrons. The fourth-order valence-electron chi connectivity index (χ4n) is 3.38. The fourth-order valence-corrected chi connectivity index (χ4v) is 3.38. The summed E-state index contributed by atoms with van der Waals surface area (Å²) in [5.74, 6) is 1.19. The van der Waals surface area contributed by atoms with Gasteiger partial charge in [-0.3, -0.25) is 4.79 Å². The second-order valence-corrected chi connectivity index (χ2v) is 7.48.